The molecule has 0 amide bonds. The summed E-state index contributed by atoms with van der Waals surface area (Å²) in [5.74, 6) is -0.163. The van der Waals surface area contributed by atoms with E-state index in [4.69, 9.17) is 19.3 Å². The first-order chi connectivity index (χ1) is 24.5. The van der Waals surface area contributed by atoms with Crippen LogP contribution in [0.4, 0.5) is 0 Å². The average Bonchev–Trinajstić information content (AvgIpc) is 3.08. The van der Waals surface area contributed by atoms with Crippen molar-refractivity contribution in [3.8, 4) is 0 Å². The molecule has 0 aliphatic carbocycles. The highest BCUT2D eigenvalue weighted by Crippen LogP contribution is 2.36. The van der Waals surface area contributed by atoms with Gasteiger partial charge in [0.1, 0.15) is 6.61 Å². The summed E-state index contributed by atoms with van der Waals surface area (Å²) in [6, 6.07) is 0. The van der Waals surface area contributed by atoms with Gasteiger partial charge >= 0.3 is 19.8 Å². The molecule has 0 aromatic heterocycles. The minimum atomic E-state index is -4.78. The van der Waals surface area contributed by atoms with Gasteiger partial charge in [0.25, 0.3) is 0 Å². The number of esters is 2. The number of rotatable bonds is 34. The number of carbonyl (C=O) groups excluding carboxylic acids is 2. The monoisotopic (exact) mass is 738 g/mol. The van der Waals surface area contributed by atoms with Crippen LogP contribution >= 0.6 is 7.82 Å². The Kier molecular flexibility index (Phi) is 33.2. The summed E-state index contributed by atoms with van der Waals surface area (Å²) in [4.78, 5) is 42.7. The molecule has 0 saturated heterocycles. The quantitative estimate of drug-likeness (QED) is 0.0193. The van der Waals surface area contributed by atoms with Gasteiger partial charge in [0, 0.05) is 12.8 Å². The Labute approximate surface area is 309 Å². The SMILES string of the molecule is CC[C@@H](O)/C=C/C=C\C/C=C\C/C=C\C/C=C\CCCC(=O)O[C@H](COC(=O)CCCCCCCCCCCCCCC(C)C)COP(=O)(O)O. The number of carbonyl (C=O) groups is 2. The molecule has 2 atom stereocenters. The Morgan fingerprint density at radius 1 is 0.647 bits per heavy atom. The van der Waals surface area contributed by atoms with E-state index in [0.29, 0.717) is 25.7 Å². The van der Waals surface area contributed by atoms with Gasteiger partial charge in [-0.2, -0.15) is 0 Å². The van der Waals surface area contributed by atoms with E-state index < -0.39 is 32.5 Å². The van der Waals surface area contributed by atoms with E-state index in [9.17, 15) is 19.3 Å². The molecule has 0 bridgehead atoms. The van der Waals surface area contributed by atoms with Crippen LogP contribution in [0.15, 0.2) is 60.8 Å². The van der Waals surface area contributed by atoms with Crippen molar-refractivity contribution in [3.63, 3.8) is 0 Å². The lowest BCUT2D eigenvalue weighted by Gasteiger charge is -2.18. The number of phosphoric ester groups is 1. The highest BCUT2D eigenvalue weighted by atomic mass is 31.2. The Morgan fingerprint density at radius 3 is 1.71 bits per heavy atom. The van der Waals surface area contributed by atoms with Crippen molar-refractivity contribution in [2.45, 2.75) is 168 Å². The second-order valence-electron chi connectivity index (χ2n) is 13.6. The van der Waals surface area contributed by atoms with E-state index in [1.165, 1.54) is 57.8 Å². The normalized spacial score (nSPS) is 13.9. The molecule has 294 valence electrons. The van der Waals surface area contributed by atoms with Gasteiger partial charge in [-0.1, -0.05) is 159 Å². The van der Waals surface area contributed by atoms with E-state index >= 15 is 0 Å². The molecule has 9 nitrogen and oxygen atoms in total. The Hall–Kier alpha value is -2.29. The topological polar surface area (TPSA) is 140 Å². The number of hydrogen-bond donors (Lipinski definition) is 3. The summed E-state index contributed by atoms with van der Waals surface area (Å²) in [6.45, 7) is 5.62. The van der Waals surface area contributed by atoms with Crippen LogP contribution in [0, 0.1) is 5.92 Å². The number of hydrogen-bond acceptors (Lipinski definition) is 7. The number of aliphatic hydroxyl groups excluding tert-OH is 1. The molecule has 0 aliphatic rings. The van der Waals surface area contributed by atoms with Gasteiger partial charge in [0.2, 0.25) is 0 Å². The Balaban J connectivity index is 4.08. The molecule has 0 spiro atoms. The summed E-state index contributed by atoms with van der Waals surface area (Å²) in [6.07, 6.45) is 39.0. The van der Waals surface area contributed by atoms with Crippen LogP contribution in [-0.2, 0) is 28.2 Å². The Bertz CT molecular complexity index is 1040. The van der Waals surface area contributed by atoms with Crippen molar-refractivity contribution in [3.05, 3.63) is 60.8 Å². The van der Waals surface area contributed by atoms with Crippen LogP contribution in [-0.4, -0.2) is 52.3 Å². The molecule has 0 radical (unpaired) electrons. The van der Waals surface area contributed by atoms with E-state index in [2.05, 4.69) is 42.7 Å². The standard InChI is InChI=1S/C41H71O9P/c1-4-38(42)32-28-24-20-16-12-7-5-6-8-14-18-22-26-30-34-41(44)50-39(36-49-51(45,46)47)35-48-40(43)33-29-25-21-17-13-10-9-11-15-19-23-27-31-37(2)3/h6-8,12,18,20,22,24,28,32,37-39,42H,4-5,9-11,13-17,19,21,23,25-27,29-31,33-36H2,1-3H3,(H2,45,46,47)/b8-6-,12-7-,22-18-,24-20-,32-28+/t38-,39-/m1/s1. The summed E-state index contributed by atoms with van der Waals surface area (Å²) in [5, 5.41) is 9.45. The van der Waals surface area contributed by atoms with Gasteiger partial charge in [0.05, 0.1) is 12.7 Å². The highest BCUT2D eigenvalue weighted by molar-refractivity contribution is 7.46. The maximum Gasteiger partial charge on any atom is 0.469 e. The Morgan fingerprint density at radius 2 is 1.16 bits per heavy atom. The molecule has 51 heavy (non-hydrogen) atoms. The van der Waals surface area contributed by atoms with E-state index in [-0.39, 0.29) is 25.6 Å². The third-order valence-electron chi connectivity index (χ3n) is 8.14. The smallest absolute Gasteiger partial charge is 0.462 e. The van der Waals surface area contributed by atoms with Crippen LogP contribution in [0.2, 0.25) is 0 Å². The lowest BCUT2D eigenvalue weighted by molar-refractivity contribution is -0.161. The number of unbranched alkanes of at least 4 members (excludes halogenated alkanes) is 12. The van der Waals surface area contributed by atoms with Crippen LogP contribution in [0.5, 0.6) is 0 Å². The lowest BCUT2D eigenvalue weighted by Crippen LogP contribution is -2.29. The van der Waals surface area contributed by atoms with Gasteiger partial charge in [-0.15, -0.1) is 0 Å². The van der Waals surface area contributed by atoms with E-state index in [1.807, 2.05) is 37.3 Å². The fourth-order valence-electron chi connectivity index (χ4n) is 5.07. The number of aliphatic hydroxyl groups is 1. The first-order valence-electron chi connectivity index (χ1n) is 19.5. The predicted octanol–water partition coefficient (Wildman–Crippen LogP) is 10.6. The molecule has 0 heterocycles. The zero-order valence-electron chi connectivity index (χ0n) is 32.0. The first kappa shape index (κ1) is 48.7. The fraction of sp³-hybridized carbons (Fsp3) is 0.707. The van der Waals surface area contributed by atoms with Crippen LogP contribution in [0.3, 0.4) is 0 Å². The zero-order chi connectivity index (χ0) is 37.8. The van der Waals surface area contributed by atoms with Gasteiger partial charge < -0.3 is 24.4 Å². The van der Waals surface area contributed by atoms with E-state index in [0.717, 1.165) is 44.4 Å². The largest absolute Gasteiger partial charge is 0.469 e. The molecule has 0 aromatic carbocycles. The van der Waals surface area contributed by atoms with Crippen molar-refractivity contribution in [2.24, 2.45) is 5.92 Å². The number of allylic oxidation sites excluding steroid dienone is 9. The minimum absolute atomic E-state index is 0.118. The first-order valence-corrected chi connectivity index (χ1v) is 21.1. The van der Waals surface area contributed by atoms with Gasteiger partial charge in [0.15, 0.2) is 6.10 Å². The van der Waals surface area contributed by atoms with Gasteiger partial charge in [-0.05, 0) is 50.9 Å². The molecular formula is C41H71O9P. The molecule has 0 unspecified atom stereocenters. The summed E-state index contributed by atoms with van der Waals surface area (Å²) in [7, 11) is -4.78. The lowest BCUT2D eigenvalue weighted by atomic mass is 10.0. The van der Waals surface area contributed by atoms with Crippen molar-refractivity contribution >= 4 is 19.8 Å². The molecule has 10 heteroatoms. The summed E-state index contributed by atoms with van der Waals surface area (Å²) in [5.41, 5.74) is 0. The second-order valence-corrected chi connectivity index (χ2v) is 14.8. The predicted molar refractivity (Wildman–Crippen MR) is 208 cm³/mol. The highest BCUT2D eigenvalue weighted by Gasteiger charge is 2.22. The van der Waals surface area contributed by atoms with Crippen LogP contribution < -0.4 is 0 Å². The molecule has 0 rings (SSSR count). The zero-order valence-corrected chi connectivity index (χ0v) is 32.9. The average molecular weight is 739 g/mol. The third-order valence-corrected chi connectivity index (χ3v) is 8.62. The van der Waals surface area contributed by atoms with Crippen LogP contribution in [0.1, 0.15) is 156 Å². The van der Waals surface area contributed by atoms with Crippen molar-refractivity contribution in [2.75, 3.05) is 13.2 Å². The van der Waals surface area contributed by atoms with Crippen LogP contribution in [0.25, 0.3) is 0 Å². The maximum absolute atomic E-state index is 12.4. The molecular weight excluding hydrogens is 667 g/mol. The minimum Gasteiger partial charge on any atom is -0.462 e. The number of phosphoric acid groups is 1. The van der Waals surface area contributed by atoms with Crippen molar-refractivity contribution in [1.29, 1.82) is 0 Å². The fourth-order valence-corrected chi connectivity index (χ4v) is 5.43. The second kappa shape index (κ2) is 34.8. The maximum atomic E-state index is 12.4. The van der Waals surface area contributed by atoms with Gasteiger partial charge in [-0.3, -0.25) is 14.1 Å². The molecule has 0 fully saturated rings. The summed E-state index contributed by atoms with van der Waals surface area (Å²) >= 11 is 0. The molecule has 3 N–H and O–H groups in total. The van der Waals surface area contributed by atoms with Crippen molar-refractivity contribution < 1.29 is 43.0 Å². The summed E-state index contributed by atoms with van der Waals surface area (Å²) < 4.78 is 26.3. The van der Waals surface area contributed by atoms with E-state index in [1.54, 1.807) is 6.08 Å². The third kappa shape index (κ3) is 38.8. The van der Waals surface area contributed by atoms with Gasteiger partial charge in [-0.25, -0.2) is 4.57 Å². The van der Waals surface area contributed by atoms with Crippen molar-refractivity contribution in [1.82, 2.24) is 0 Å². The molecule has 0 aromatic rings. The molecule has 0 saturated carbocycles. The molecule has 0 aliphatic heterocycles. The number of ether oxygens (including phenoxy) is 2.